The van der Waals surface area contributed by atoms with Crippen molar-refractivity contribution < 1.29 is 22.3 Å². The molecule has 0 saturated carbocycles. The number of fused-ring (bicyclic) bond motifs is 1. The molecule has 0 radical (unpaired) electrons. The molecule has 0 bridgehead atoms. The summed E-state index contributed by atoms with van der Waals surface area (Å²) in [5, 5.41) is 4.78. The van der Waals surface area contributed by atoms with Crippen LogP contribution in [0.4, 0.5) is 10.1 Å². The largest absolute Gasteiger partial charge is 0.492 e. The van der Waals surface area contributed by atoms with Gasteiger partial charge in [0.05, 0.1) is 17.1 Å². The smallest absolute Gasteiger partial charge is 0.264 e. The van der Waals surface area contributed by atoms with Gasteiger partial charge in [-0.2, -0.15) is 0 Å². The third-order valence-electron chi connectivity index (χ3n) is 5.43. The summed E-state index contributed by atoms with van der Waals surface area (Å²) in [6.45, 7) is 1.60. The molecule has 1 amide bonds. The molecule has 0 atom stereocenters. The molecule has 6 nitrogen and oxygen atoms in total. The van der Waals surface area contributed by atoms with Crippen LogP contribution in [0.15, 0.2) is 95.9 Å². The summed E-state index contributed by atoms with van der Waals surface area (Å²) < 4.78 is 47.7. The van der Waals surface area contributed by atoms with Crippen molar-refractivity contribution >= 4 is 32.4 Å². The first kappa shape index (κ1) is 24.2. The molecule has 0 fully saturated rings. The number of ether oxygens (including phenoxy) is 1. The number of nitrogens with zero attached hydrogens (tertiary/aromatic N) is 1. The van der Waals surface area contributed by atoms with Gasteiger partial charge in [-0.25, -0.2) is 12.8 Å². The number of anilines is 1. The predicted octanol–water partition coefficient (Wildman–Crippen LogP) is 4.68. The highest BCUT2D eigenvalue weighted by atomic mass is 32.2. The lowest BCUT2D eigenvalue weighted by Gasteiger charge is -2.24. The molecule has 0 aliphatic carbocycles. The van der Waals surface area contributed by atoms with E-state index < -0.39 is 28.3 Å². The van der Waals surface area contributed by atoms with Gasteiger partial charge in [-0.3, -0.25) is 9.10 Å². The Balaban J connectivity index is 1.43. The number of rotatable bonds is 9. The lowest BCUT2D eigenvalue weighted by Crippen LogP contribution is -2.42. The monoisotopic (exact) mass is 492 g/mol. The number of sulfonamides is 1. The second kappa shape index (κ2) is 10.6. The number of nitrogens with one attached hydrogen (secondary N) is 1. The van der Waals surface area contributed by atoms with Gasteiger partial charge in [0.1, 0.15) is 24.7 Å². The first-order valence-corrected chi connectivity index (χ1v) is 12.5. The predicted molar refractivity (Wildman–Crippen MR) is 135 cm³/mol. The molecule has 180 valence electrons. The van der Waals surface area contributed by atoms with Crippen LogP contribution in [0.3, 0.4) is 0 Å². The zero-order valence-electron chi connectivity index (χ0n) is 19.1. The van der Waals surface area contributed by atoms with Gasteiger partial charge >= 0.3 is 0 Å². The molecular weight excluding hydrogens is 467 g/mol. The number of carbonyl (C=O) groups is 1. The van der Waals surface area contributed by atoms with E-state index in [9.17, 15) is 17.6 Å². The van der Waals surface area contributed by atoms with E-state index in [-0.39, 0.29) is 23.7 Å². The number of halogens is 1. The van der Waals surface area contributed by atoms with Crippen molar-refractivity contribution in [2.24, 2.45) is 0 Å². The van der Waals surface area contributed by atoms with Gasteiger partial charge in [0, 0.05) is 0 Å². The summed E-state index contributed by atoms with van der Waals surface area (Å²) in [5.74, 6) is -0.658. The van der Waals surface area contributed by atoms with Crippen LogP contribution in [0.5, 0.6) is 5.75 Å². The Hall–Kier alpha value is -3.91. The van der Waals surface area contributed by atoms with Crippen LogP contribution in [0, 0.1) is 12.7 Å². The van der Waals surface area contributed by atoms with E-state index in [1.165, 1.54) is 30.3 Å². The Morgan fingerprint density at radius 3 is 2.34 bits per heavy atom. The molecule has 0 unspecified atom stereocenters. The van der Waals surface area contributed by atoms with Crippen molar-refractivity contribution in [3.63, 3.8) is 0 Å². The topological polar surface area (TPSA) is 75.7 Å². The minimum Gasteiger partial charge on any atom is -0.492 e. The number of amides is 1. The number of hydrogen-bond acceptors (Lipinski definition) is 4. The third-order valence-corrected chi connectivity index (χ3v) is 7.21. The van der Waals surface area contributed by atoms with Crippen LogP contribution < -0.4 is 14.4 Å². The normalized spacial score (nSPS) is 11.3. The summed E-state index contributed by atoms with van der Waals surface area (Å²) in [5.41, 5.74) is 0.682. The van der Waals surface area contributed by atoms with E-state index >= 15 is 0 Å². The van der Waals surface area contributed by atoms with Crippen LogP contribution >= 0.6 is 0 Å². The molecule has 4 aromatic carbocycles. The fraction of sp³-hybridized carbons (Fsp3) is 0.148. The molecule has 0 saturated heterocycles. The van der Waals surface area contributed by atoms with Crippen molar-refractivity contribution in [1.29, 1.82) is 0 Å². The van der Waals surface area contributed by atoms with Gasteiger partial charge in [-0.15, -0.1) is 0 Å². The summed E-state index contributed by atoms with van der Waals surface area (Å²) in [7, 11) is -4.18. The molecule has 0 aliphatic rings. The maximum atomic E-state index is 14.5. The van der Waals surface area contributed by atoms with Gasteiger partial charge < -0.3 is 10.1 Å². The fourth-order valence-electron chi connectivity index (χ4n) is 3.59. The summed E-state index contributed by atoms with van der Waals surface area (Å²) in [6, 6.07) is 25.2. The van der Waals surface area contributed by atoms with Crippen LogP contribution in [-0.4, -0.2) is 34.0 Å². The third kappa shape index (κ3) is 5.78. The molecule has 4 aromatic rings. The maximum absolute atomic E-state index is 14.5. The van der Waals surface area contributed by atoms with E-state index in [1.54, 1.807) is 12.1 Å². The molecule has 8 heteroatoms. The fourth-order valence-corrected chi connectivity index (χ4v) is 5.02. The highest BCUT2D eigenvalue weighted by molar-refractivity contribution is 7.92. The number of carbonyl (C=O) groups excluding carboxylic acids is 1. The first-order valence-electron chi connectivity index (χ1n) is 11.1. The van der Waals surface area contributed by atoms with E-state index in [1.807, 2.05) is 49.4 Å². The molecular formula is C27H25FN2O4S. The highest BCUT2D eigenvalue weighted by Crippen LogP contribution is 2.26. The SMILES string of the molecule is Cc1ccc(S(=O)(=O)N(CC(=O)NCCOc2ccc3ccccc3c2)c2ccccc2F)cc1. The number of para-hydroxylation sites is 1. The van der Waals surface area contributed by atoms with Gasteiger partial charge in [0.25, 0.3) is 10.0 Å². The molecule has 4 rings (SSSR count). The molecule has 0 aliphatic heterocycles. The van der Waals surface area contributed by atoms with E-state index in [0.29, 0.717) is 5.75 Å². The molecule has 35 heavy (non-hydrogen) atoms. The highest BCUT2D eigenvalue weighted by Gasteiger charge is 2.29. The molecule has 0 spiro atoms. The van der Waals surface area contributed by atoms with E-state index in [4.69, 9.17) is 4.74 Å². The molecule has 0 heterocycles. The average molecular weight is 493 g/mol. The minimum atomic E-state index is -4.18. The molecule has 0 aromatic heterocycles. The summed E-state index contributed by atoms with van der Waals surface area (Å²) >= 11 is 0. The lowest BCUT2D eigenvalue weighted by atomic mass is 10.1. The van der Waals surface area contributed by atoms with Gasteiger partial charge in [-0.05, 0) is 54.1 Å². The van der Waals surface area contributed by atoms with Gasteiger partial charge in [0.2, 0.25) is 5.91 Å². The van der Waals surface area contributed by atoms with Crippen molar-refractivity contribution in [3.8, 4) is 5.75 Å². The Morgan fingerprint density at radius 2 is 1.60 bits per heavy atom. The average Bonchev–Trinajstić information content (AvgIpc) is 2.86. The molecule has 1 N–H and O–H groups in total. The van der Waals surface area contributed by atoms with Crippen LogP contribution in [0.2, 0.25) is 0 Å². The second-order valence-corrected chi connectivity index (χ2v) is 9.85. The number of benzene rings is 4. The van der Waals surface area contributed by atoms with E-state index in [0.717, 1.165) is 26.7 Å². The Morgan fingerprint density at radius 1 is 0.914 bits per heavy atom. The van der Waals surface area contributed by atoms with E-state index in [2.05, 4.69) is 5.32 Å². The van der Waals surface area contributed by atoms with Gasteiger partial charge in [0.15, 0.2) is 0 Å². The first-order chi connectivity index (χ1) is 16.8. The standard InChI is InChI=1S/C27H25FN2O4S/c1-20-10-14-24(15-11-20)35(32,33)30(26-9-5-4-8-25(26)28)19-27(31)29-16-17-34-23-13-12-21-6-2-3-7-22(21)18-23/h2-15,18H,16-17,19H2,1H3,(H,29,31). The van der Waals surface area contributed by atoms with Crippen LogP contribution in [0.1, 0.15) is 5.56 Å². The Labute approximate surface area is 204 Å². The lowest BCUT2D eigenvalue weighted by molar-refractivity contribution is -0.119. The quantitative estimate of drug-likeness (QED) is 0.344. The van der Waals surface area contributed by atoms with Crippen molar-refractivity contribution in [1.82, 2.24) is 5.32 Å². The van der Waals surface area contributed by atoms with Crippen LogP contribution in [-0.2, 0) is 14.8 Å². The second-order valence-electron chi connectivity index (χ2n) is 7.98. The van der Waals surface area contributed by atoms with Crippen molar-refractivity contribution in [3.05, 3.63) is 102 Å². The van der Waals surface area contributed by atoms with Crippen molar-refractivity contribution in [2.75, 3.05) is 24.0 Å². The number of hydrogen-bond donors (Lipinski definition) is 1. The Bertz CT molecular complexity index is 1440. The van der Waals surface area contributed by atoms with Crippen LogP contribution in [0.25, 0.3) is 10.8 Å². The zero-order valence-corrected chi connectivity index (χ0v) is 20.0. The summed E-state index contributed by atoms with van der Waals surface area (Å²) in [4.78, 5) is 12.6. The number of aryl methyl sites for hydroxylation is 1. The Kier molecular flexibility index (Phi) is 7.31. The van der Waals surface area contributed by atoms with Crippen molar-refractivity contribution in [2.45, 2.75) is 11.8 Å². The van der Waals surface area contributed by atoms with Gasteiger partial charge in [-0.1, -0.05) is 60.2 Å². The minimum absolute atomic E-state index is 0.0289. The zero-order chi connectivity index (χ0) is 24.8. The maximum Gasteiger partial charge on any atom is 0.264 e. The summed E-state index contributed by atoms with van der Waals surface area (Å²) in [6.07, 6.45) is 0.